The molecule has 6 heteroatoms. The molecule has 0 spiro atoms. The van der Waals surface area contributed by atoms with Gasteiger partial charge in [0.05, 0.1) is 11.4 Å². The number of primary amides is 1. The lowest BCUT2D eigenvalue weighted by atomic mass is 10.2. The summed E-state index contributed by atoms with van der Waals surface area (Å²) in [6.07, 6.45) is 1.93. The largest absolute Gasteiger partial charge is 0.366 e. The molecule has 0 bridgehead atoms. The van der Waals surface area contributed by atoms with Gasteiger partial charge in [0, 0.05) is 11.8 Å². The highest BCUT2D eigenvalue weighted by atomic mass is 16.1. The number of hydrogen-bond donors (Lipinski definition) is 1. The van der Waals surface area contributed by atoms with E-state index in [0.717, 1.165) is 16.9 Å². The Balaban J connectivity index is 1.95. The highest BCUT2D eigenvalue weighted by Gasteiger charge is 2.07. The van der Waals surface area contributed by atoms with Crippen LogP contribution in [0.1, 0.15) is 21.6 Å². The van der Waals surface area contributed by atoms with E-state index < -0.39 is 5.91 Å². The number of pyridine rings is 1. The molecule has 0 aliphatic heterocycles. The average molecular weight is 293 g/mol. The van der Waals surface area contributed by atoms with Crippen molar-refractivity contribution in [1.82, 2.24) is 9.38 Å². The SMILES string of the molecule is Cc1ccn2c(N=Nc3ccc(C(N)=O)cc3)c(C)nc2c1. The van der Waals surface area contributed by atoms with Crippen LogP contribution in [-0.2, 0) is 0 Å². The van der Waals surface area contributed by atoms with E-state index in [9.17, 15) is 4.79 Å². The summed E-state index contributed by atoms with van der Waals surface area (Å²) in [6, 6.07) is 10.6. The number of carbonyl (C=O) groups excluding carboxylic acids is 1. The maximum absolute atomic E-state index is 11.0. The summed E-state index contributed by atoms with van der Waals surface area (Å²) in [4.78, 5) is 15.5. The molecule has 0 aliphatic rings. The van der Waals surface area contributed by atoms with Crippen LogP contribution in [0.25, 0.3) is 5.65 Å². The quantitative estimate of drug-likeness (QED) is 0.750. The van der Waals surface area contributed by atoms with Crippen molar-refractivity contribution in [1.29, 1.82) is 0 Å². The normalized spacial score (nSPS) is 11.4. The molecule has 22 heavy (non-hydrogen) atoms. The van der Waals surface area contributed by atoms with Crippen LogP contribution in [0.15, 0.2) is 52.8 Å². The van der Waals surface area contributed by atoms with E-state index >= 15 is 0 Å². The lowest BCUT2D eigenvalue weighted by molar-refractivity contribution is 0.100. The molecule has 0 saturated heterocycles. The number of azo groups is 1. The minimum atomic E-state index is -0.462. The molecular formula is C16H15N5O. The highest BCUT2D eigenvalue weighted by molar-refractivity contribution is 5.92. The van der Waals surface area contributed by atoms with Crippen molar-refractivity contribution in [2.24, 2.45) is 16.0 Å². The van der Waals surface area contributed by atoms with Gasteiger partial charge in [-0.05, 0) is 55.8 Å². The van der Waals surface area contributed by atoms with Crippen LogP contribution >= 0.6 is 0 Å². The third-order valence-electron chi connectivity index (χ3n) is 3.34. The molecule has 0 unspecified atom stereocenters. The Labute approximate surface area is 127 Å². The number of amides is 1. The van der Waals surface area contributed by atoms with Crippen molar-refractivity contribution in [3.8, 4) is 0 Å². The van der Waals surface area contributed by atoms with Gasteiger partial charge in [-0.1, -0.05) is 0 Å². The Morgan fingerprint density at radius 1 is 1.14 bits per heavy atom. The zero-order chi connectivity index (χ0) is 15.7. The first-order valence-corrected chi connectivity index (χ1v) is 6.81. The number of hydrogen-bond acceptors (Lipinski definition) is 4. The lowest BCUT2D eigenvalue weighted by Crippen LogP contribution is -2.10. The molecule has 2 N–H and O–H groups in total. The number of imidazole rings is 1. The second-order valence-electron chi connectivity index (χ2n) is 5.06. The molecule has 1 amide bonds. The molecule has 0 saturated carbocycles. The highest BCUT2D eigenvalue weighted by Crippen LogP contribution is 2.24. The van der Waals surface area contributed by atoms with E-state index in [2.05, 4.69) is 15.2 Å². The maximum atomic E-state index is 11.0. The molecule has 0 aliphatic carbocycles. The van der Waals surface area contributed by atoms with Crippen LogP contribution in [-0.4, -0.2) is 15.3 Å². The fourth-order valence-electron chi connectivity index (χ4n) is 2.17. The average Bonchev–Trinajstić information content (AvgIpc) is 2.80. The molecule has 0 radical (unpaired) electrons. The summed E-state index contributed by atoms with van der Waals surface area (Å²) >= 11 is 0. The lowest BCUT2D eigenvalue weighted by Gasteiger charge is -1.98. The maximum Gasteiger partial charge on any atom is 0.248 e. The summed E-state index contributed by atoms with van der Waals surface area (Å²) < 4.78 is 1.89. The van der Waals surface area contributed by atoms with Gasteiger partial charge >= 0.3 is 0 Å². The van der Waals surface area contributed by atoms with E-state index in [1.807, 2.05) is 36.6 Å². The summed E-state index contributed by atoms with van der Waals surface area (Å²) in [5.74, 6) is 0.227. The van der Waals surface area contributed by atoms with Crippen LogP contribution < -0.4 is 5.73 Å². The van der Waals surface area contributed by atoms with Gasteiger partial charge < -0.3 is 5.73 Å². The van der Waals surface area contributed by atoms with Crippen LogP contribution in [0, 0.1) is 13.8 Å². The standard InChI is InChI=1S/C16H15N5O/c1-10-7-8-21-14(9-10)18-11(2)16(21)20-19-13-5-3-12(4-6-13)15(17)22/h3-9H,1-2H3,(H2,17,22). The van der Waals surface area contributed by atoms with Gasteiger partial charge in [-0.25, -0.2) is 4.98 Å². The first-order chi connectivity index (χ1) is 10.5. The van der Waals surface area contributed by atoms with Crippen LogP contribution in [0.2, 0.25) is 0 Å². The first-order valence-electron chi connectivity index (χ1n) is 6.81. The van der Waals surface area contributed by atoms with E-state index in [4.69, 9.17) is 5.73 Å². The van der Waals surface area contributed by atoms with Crippen LogP contribution in [0.5, 0.6) is 0 Å². The Morgan fingerprint density at radius 2 is 1.86 bits per heavy atom. The van der Waals surface area contributed by atoms with E-state index in [0.29, 0.717) is 17.1 Å². The molecule has 6 nitrogen and oxygen atoms in total. The van der Waals surface area contributed by atoms with Crippen molar-refractivity contribution >= 4 is 23.1 Å². The van der Waals surface area contributed by atoms with Gasteiger partial charge in [-0.15, -0.1) is 10.2 Å². The number of aryl methyl sites for hydroxylation is 2. The van der Waals surface area contributed by atoms with Crippen molar-refractivity contribution in [2.75, 3.05) is 0 Å². The third-order valence-corrected chi connectivity index (χ3v) is 3.34. The van der Waals surface area contributed by atoms with Gasteiger partial charge in [-0.2, -0.15) is 0 Å². The summed E-state index contributed by atoms with van der Waals surface area (Å²) in [7, 11) is 0. The molecule has 2 heterocycles. The zero-order valence-corrected chi connectivity index (χ0v) is 12.3. The molecule has 0 atom stereocenters. The van der Waals surface area contributed by atoms with Crippen molar-refractivity contribution < 1.29 is 4.79 Å². The smallest absolute Gasteiger partial charge is 0.248 e. The number of rotatable bonds is 3. The van der Waals surface area contributed by atoms with Gasteiger partial charge in [0.1, 0.15) is 5.65 Å². The van der Waals surface area contributed by atoms with Crippen LogP contribution in [0.3, 0.4) is 0 Å². The van der Waals surface area contributed by atoms with Gasteiger partial charge in [-0.3, -0.25) is 9.20 Å². The third kappa shape index (κ3) is 2.58. The number of carbonyl (C=O) groups is 1. The van der Waals surface area contributed by atoms with Gasteiger partial charge in [0.15, 0.2) is 5.82 Å². The topological polar surface area (TPSA) is 85.1 Å². The molecule has 3 aromatic rings. The Kier molecular flexibility index (Phi) is 3.42. The number of aromatic nitrogens is 2. The van der Waals surface area contributed by atoms with Gasteiger partial charge in [0.25, 0.3) is 0 Å². The van der Waals surface area contributed by atoms with Crippen molar-refractivity contribution in [2.45, 2.75) is 13.8 Å². The minimum absolute atomic E-state index is 0.445. The van der Waals surface area contributed by atoms with E-state index in [-0.39, 0.29) is 0 Å². The predicted octanol–water partition coefficient (Wildman–Crippen LogP) is 3.47. The molecule has 110 valence electrons. The number of fused-ring (bicyclic) bond motifs is 1. The fourth-order valence-corrected chi connectivity index (χ4v) is 2.17. The Bertz CT molecular complexity index is 877. The number of benzene rings is 1. The number of nitrogens with two attached hydrogens (primary N) is 1. The molecule has 1 aromatic carbocycles. The summed E-state index contributed by atoms with van der Waals surface area (Å²) in [5, 5.41) is 8.47. The molecular weight excluding hydrogens is 278 g/mol. The van der Waals surface area contributed by atoms with E-state index in [1.165, 1.54) is 0 Å². The summed E-state index contributed by atoms with van der Waals surface area (Å²) in [5.41, 5.74) is 9.09. The van der Waals surface area contributed by atoms with E-state index in [1.54, 1.807) is 24.3 Å². The van der Waals surface area contributed by atoms with Crippen molar-refractivity contribution in [3.63, 3.8) is 0 Å². The second kappa shape index (κ2) is 5.40. The first kappa shape index (κ1) is 13.9. The van der Waals surface area contributed by atoms with Crippen LogP contribution in [0.4, 0.5) is 11.5 Å². The summed E-state index contributed by atoms with van der Waals surface area (Å²) in [6.45, 7) is 3.92. The zero-order valence-electron chi connectivity index (χ0n) is 12.3. The van der Waals surface area contributed by atoms with Gasteiger partial charge in [0.2, 0.25) is 5.91 Å². The monoisotopic (exact) mass is 293 g/mol. The number of nitrogens with zero attached hydrogens (tertiary/aromatic N) is 4. The molecule has 0 fully saturated rings. The predicted molar refractivity (Wildman–Crippen MR) is 83.8 cm³/mol. The fraction of sp³-hybridized carbons (Fsp3) is 0.125. The minimum Gasteiger partial charge on any atom is -0.366 e. The molecule has 2 aromatic heterocycles. The molecule has 3 rings (SSSR count). The second-order valence-corrected chi connectivity index (χ2v) is 5.06. The Hall–Kier alpha value is -3.02. The van der Waals surface area contributed by atoms with Crippen molar-refractivity contribution in [3.05, 3.63) is 59.4 Å². The Morgan fingerprint density at radius 3 is 2.55 bits per heavy atom.